The minimum Gasteiger partial charge on any atom is -0.267 e. The van der Waals surface area contributed by atoms with Gasteiger partial charge in [0, 0.05) is 14.7 Å². The Labute approximate surface area is 124 Å². The molecule has 20 heavy (non-hydrogen) atoms. The Morgan fingerprint density at radius 2 is 1.85 bits per heavy atom. The van der Waals surface area contributed by atoms with Crippen LogP contribution < -0.4 is 5.56 Å². The zero-order chi connectivity index (χ0) is 14.4. The van der Waals surface area contributed by atoms with E-state index in [2.05, 4.69) is 26.1 Å². The number of halogens is 3. The van der Waals surface area contributed by atoms with Crippen molar-refractivity contribution in [2.45, 2.75) is 6.92 Å². The Morgan fingerprint density at radius 3 is 2.45 bits per heavy atom. The minimum absolute atomic E-state index is 0.0758. The van der Waals surface area contributed by atoms with Crippen molar-refractivity contribution in [1.82, 2.24) is 10.2 Å². The van der Waals surface area contributed by atoms with E-state index in [4.69, 9.17) is 0 Å². The number of thiophene rings is 1. The van der Waals surface area contributed by atoms with Gasteiger partial charge in [0.2, 0.25) is 0 Å². The van der Waals surface area contributed by atoms with Crippen LogP contribution in [0.1, 0.15) is 4.88 Å². The maximum absolute atomic E-state index is 13.5. The molecule has 0 unspecified atom stereocenters. The van der Waals surface area contributed by atoms with Gasteiger partial charge in [-0.05, 0) is 41.1 Å². The molecule has 2 heterocycles. The van der Waals surface area contributed by atoms with Gasteiger partial charge in [-0.2, -0.15) is 5.10 Å². The number of nitrogens with one attached hydrogen (secondary N) is 1. The zero-order valence-corrected chi connectivity index (χ0v) is 12.5. The molecule has 7 heteroatoms. The second-order valence-electron chi connectivity index (χ2n) is 4.25. The van der Waals surface area contributed by atoms with Crippen LogP contribution in [0, 0.1) is 18.6 Å². The molecule has 0 bridgehead atoms. The van der Waals surface area contributed by atoms with E-state index in [1.807, 2.05) is 13.0 Å². The first kappa shape index (κ1) is 13.4. The first-order valence-electron chi connectivity index (χ1n) is 5.61. The van der Waals surface area contributed by atoms with Crippen LogP contribution in [-0.2, 0) is 0 Å². The zero-order valence-electron chi connectivity index (χ0n) is 10.1. The summed E-state index contributed by atoms with van der Waals surface area (Å²) in [6.45, 7) is 1.92. The Bertz CT molecular complexity index is 888. The topological polar surface area (TPSA) is 45.8 Å². The van der Waals surface area contributed by atoms with Crippen molar-refractivity contribution in [2.24, 2.45) is 0 Å². The molecule has 3 aromatic rings. The van der Waals surface area contributed by atoms with Crippen LogP contribution in [-0.4, -0.2) is 10.2 Å². The van der Waals surface area contributed by atoms with Gasteiger partial charge in [-0.25, -0.2) is 13.9 Å². The van der Waals surface area contributed by atoms with Gasteiger partial charge in [0.15, 0.2) is 11.6 Å². The smallest absolute Gasteiger partial charge is 0.267 e. The van der Waals surface area contributed by atoms with E-state index in [1.165, 1.54) is 11.3 Å². The number of aromatic nitrogens is 2. The highest BCUT2D eigenvalue weighted by atomic mass is 79.9. The summed E-state index contributed by atoms with van der Waals surface area (Å²) in [4.78, 5) is 13.5. The molecule has 3 rings (SSSR count). The standard InChI is InChI=1S/C13H7BrF2N2OS/c1-5-2-8(14)12(20-5)11-6-3-9(15)10(16)4-7(6)13(19)18-17-11/h2-4H,1H3,(H,18,19). The van der Waals surface area contributed by atoms with Crippen molar-refractivity contribution in [2.75, 3.05) is 0 Å². The highest BCUT2D eigenvalue weighted by Gasteiger charge is 2.16. The molecule has 0 aliphatic heterocycles. The van der Waals surface area contributed by atoms with E-state index in [9.17, 15) is 13.6 Å². The lowest BCUT2D eigenvalue weighted by atomic mass is 10.1. The Kier molecular flexibility index (Phi) is 3.18. The summed E-state index contributed by atoms with van der Waals surface area (Å²) in [5, 5.41) is 6.65. The largest absolute Gasteiger partial charge is 0.272 e. The third kappa shape index (κ3) is 2.06. The molecule has 1 N–H and O–H groups in total. The number of nitrogens with zero attached hydrogens (tertiary/aromatic N) is 1. The molecule has 2 aromatic heterocycles. The van der Waals surface area contributed by atoms with E-state index >= 15 is 0 Å². The third-order valence-electron chi connectivity index (χ3n) is 2.85. The van der Waals surface area contributed by atoms with Gasteiger partial charge in [-0.15, -0.1) is 11.3 Å². The monoisotopic (exact) mass is 356 g/mol. The van der Waals surface area contributed by atoms with Crippen LogP contribution in [0.15, 0.2) is 27.5 Å². The van der Waals surface area contributed by atoms with E-state index in [-0.39, 0.29) is 10.8 Å². The first-order chi connectivity index (χ1) is 9.47. The summed E-state index contributed by atoms with van der Waals surface area (Å²) in [7, 11) is 0. The van der Waals surface area contributed by atoms with Crippen LogP contribution in [0.25, 0.3) is 21.3 Å². The van der Waals surface area contributed by atoms with Crippen molar-refractivity contribution in [3.8, 4) is 10.6 Å². The fourth-order valence-corrected chi connectivity index (χ4v) is 3.81. The van der Waals surface area contributed by atoms with Gasteiger partial charge >= 0.3 is 0 Å². The number of H-pyrrole nitrogens is 1. The fourth-order valence-electron chi connectivity index (χ4n) is 1.98. The van der Waals surface area contributed by atoms with Crippen molar-refractivity contribution in [3.63, 3.8) is 0 Å². The molecule has 102 valence electrons. The molecular formula is C13H7BrF2N2OS. The van der Waals surface area contributed by atoms with Crippen LogP contribution >= 0.6 is 27.3 Å². The highest BCUT2D eigenvalue weighted by molar-refractivity contribution is 9.10. The van der Waals surface area contributed by atoms with Crippen LogP contribution in [0.4, 0.5) is 8.78 Å². The molecule has 0 saturated heterocycles. The molecule has 3 nitrogen and oxygen atoms in total. The van der Waals surface area contributed by atoms with Crippen molar-refractivity contribution < 1.29 is 8.78 Å². The summed E-state index contributed by atoms with van der Waals surface area (Å²) in [6, 6.07) is 3.80. The predicted octanol–water partition coefficient (Wildman–Crippen LogP) is 4.00. The number of rotatable bonds is 1. The fraction of sp³-hybridized carbons (Fsp3) is 0.0769. The van der Waals surface area contributed by atoms with Gasteiger partial charge in [0.05, 0.1) is 10.3 Å². The lowest BCUT2D eigenvalue weighted by Gasteiger charge is -2.04. The number of benzene rings is 1. The molecular weight excluding hydrogens is 350 g/mol. The van der Waals surface area contributed by atoms with Gasteiger partial charge in [0.1, 0.15) is 5.69 Å². The number of aromatic amines is 1. The Morgan fingerprint density at radius 1 is 1.20 bits per heavy atom. The SMILES string of the molecule is Cc1cc(Br)c(-c2n[nH]c(=O)c3cc(F)c(F)cc23)s1. The quantitative estimate of drug-likeness (QED) is 0.716. The van der Waals surface area contributed by atoms with Gasteiger partial charge < -0.3 is 0 Å². The maximum Gasteiger partial charge on any atom is 0.272 e. The van der Waals surface area contributed by atoms with E-state index < -0.39 is 17.2 Å². The summed E-state index contributed by atoms with van der Waals surface area (Å²) < 4.78 is 27.5. The molecule has 1 aromatic carbocycles. The third-order valence-corrected chi connectivity index (χ3v) is 4.80. The second kappa shape index (κ2) is 4.75. The molecule has 0 saturated carbocycles. The lowest BCUT2D eigenvalue weighted by Crippen LogP contribution is -2.10. The average Bonchev–Trinajstić information content (AvgIpc) is 2.71. The van der Waals surface area contributed by atoms with Crippen molar-refractivity contribution >= 4 is 38.0 Å². The lowest BCUT2D eigenvalue weighted by molar-refractivity contribution is 0.511. The van der Waals surface area contributed by atoms with E-state index in [0.29, 0.717) is 5.69 Å². The average molecular weight is 357 g/mol. The predicted molar refractivity (Wildman–Crippen MR) is 78.0 cm³/mol. The number of fused-ring (bicyclic) bond motifs is 1. The van der Waals surface area contributed by atoms with Crippen molar-refractivity contribution in [1.29, 1.82) is 0 Å². The summed E-state index contributed by atoms with van der Waals surface area (Å²) >= 11 is 4.85. The van der Waals surface area contributed by atoms with Crippen LogP contribution in [0.3, 0.4) is 0 Å². The van der Waals surface area contributed by atoms with Gasteiger partial charge in [-0.3, -0.25) is 4.79 Å². The molecule has 0 radical (unpaired) electrons. The molecule has 0 amide bonds. The number of aryl methyl sites for hydroxylation is 1. The van der Waals surface area contributed by atoms with E-state index in [0.717, 1.165) is 26.4 Å². The molecule has 0 atom stereocenters. The van der Waals surface area contributed by atoms with Gasteiger partial charge in [-0.1, -0.05) is 0 Å². The summed E-state index contributed by atoms with van der Waals surface area (Å²) in [5.41, 5.74) is -0.129. The van der Waals surface area contributed by atoms with E-state index in [1.54, 1.807) is 0 Å². The molecule has 0 aliphatic carbocycles. The van der Waals surface area contributed by atoms with Crippen molar-refractivity contribution in [3.05, 3.63) is 49.5 Å². The molecule has 0 fully saturated rings. The normalized spacial score (nSPS) is 11.2. The maximum atomic E-state index is 13.5. The molecule has 0 aliphatic rings. The van der Waals surface area contributed by atoms with Crippen LogP contribution in [0.2, 0.25) is 0 Å². The Balaban J connectivity index is 2.43. The summed E-state index contributed by atoms with van der Waals surface area (Å²) in [6.07, 6.45) is 0. The highest BCUT2D eigenvalue weighted by Crippen LogP contribution is 2.37. The van der Waals surface area contributed by atoms with Crippen LogP contribution in [0.5, 0.6) is 0 Å². The van der Waals surface area contributed by atoms with Gasteiger partial charge in [0.25, 0.3) is 5.56 Å². The Hall–Kier alpha value is -1.60. The second-order valence-corrected chi connectivity index (χ2v) is 6.36. The summed E-state index contributed by atoms with van der Waals surface area (Å²) in [5.74, 6) is -2.06. The minimum atomic E-state index is -1.05. The number of hydrogen-bond acceptors (Lipinski definition) is 3. The number of hydrogen-bond donors (Lipinski definition) is 1. The first-order valence-corrected chi connectivity index (χ1v) is 7.22. The molecule has 0 spiro atoms.